The van der Waals surface area contributed by atoms with Crippen LogP contribution in [-0.4, -0.2) is 18.6 Å². The fourth-order valence-corrected chi connectivity index (χ4v) is 3.11. The first-order valence-electron chi connectivity index (χ1n) is 8.87. The van der Waals surface area contributed by atoms with Gasteiger partial charge < -0.3 is 10.1 Å². The van der Waals surface area contributed by atoms with Gasteiger partial charge in [0.05, 0.1) is 0 Å². The number of carbonyl (C=O) groups excluding carboxylic acids is 1. The molecule has 0 unspecified atom stereocenters. The van der Waals surface area contributed by atoms with Gasteiger partial charge in [-0.1, -0.05) is 48.9 Å². The van der Waals surface area contributed by atoms with Gasteiger partial charge in [0.1, 0.15) is 5.75 Å². The van der Waals surface area contributed by atoms with E-state index in [4.69, 9.17) is 4.74 Å². The van der Waals surface area contributed by atoms with E-state index < -0.39 is 6.10 Å². The Kier molecular flexibility index (Phi) is 5.52. The number of ether oxygens (including phenoxy) is 1. The summed E-state index contributed by atoms with van der Waals surface area (Å²) in [6, 6.07) is 14.1. The Balaban J connectivity index is 1.61. The van der Waals surface area contributed by atoms with Crippen molar-refractivity contribution in [1.82, 2.24) is 5.32 Å². The molecule has 0 aliphatic heterocycles. The molecule has 0 fully saturated rings. The lowest BCUT2D eigenvalue weighted by molar-refractivity contribution is -0.127. The van der Waals surface area contributed by atoms with Crippen molar-refractivity contribution in [3.8, 4) is 5.75 Å². The number of hydrogen-bond acceptors (Lipinski definition) is 2. The summed E-state index contributed by atoms with van der Waals surface area (Å²) in [5.74, 6) is 0.713. The van der Waals surface area contributed by atoms with Gasteiger partial charge in [0.25, 0.3) is 5.91 Å². The fraction of sp³-hybridized carbons (Fsp3) is 0.381. The number of allylic oxidation sites excluding steroid dienone is 1. The third kappa shape index (κ3) is 4.16. The highest BCUT2D eigenvalue weighted by Crippen LogP contribution is 2.22. The van der Waals surface area contributed by atoms with Crippen LogP contribution in [0.25, 0.3) is 10.8 Å². The molecule has 0 bridgehead atoms. The van der Waals surface area contributed by atoms with Crippen molar-refractivity contribution >= 4 is 16.7 Å². The average molecular weight is 323 g/mol. The summed E-state index contributed by atoms with van der Waals surface area (Å²) in [6.45, 7) is 2.63. The Bertz CT molecular complexity index is 735. The minimum Gasteiger partial charge on any atom is -0.481 e. The molecule has 1 amide bonds. The number of fused-ring (bicyclic) bond motifs is 1. The smallest absolute Gasteiger partial charge is 0.261 e. The zero-order chi connectivity index (χ0) is 16.8. The predicted molar refractivity (Wildman–Crippen MR) is 98.2 cm³/mol. The molecule has 0 saturated carbocycles. The molecule has 0 aromatic heterocycles. The molecule has 0 saturated heterocycles. The second-order valence-electron chi connectivity index (χ2n) is 6.35. The Hall–Kier alpha value is -2.29. The summed E-state index contributed by atoms with van der Waals surface area (Å²) in [6.07, 6.45) is 7.19. The van der Waals surface area contributed by atoms with Crippen molar-refractivity contribution in [2.45, 2.75) is 45.1 Å². The molecule has 3 heteroatoms. The molecule has 1 aliphatic carbocycles. The van der Waals surface area contributed by atoms with E-state index in [-0.39, 0.29) is 5.91 Å². The second kappa shape index (κ2) is 8.00. The Morgan fingerprint density at radius 3 is 2.75 bits per heavy atom. The lowest BCUT2D eigenvalue weighted by atomic mass is 9.99. The number of nitrogens with one attached hydrogen (secondary N) is 1. The Morgan fingerprint density at radius 1 is 1.17 bits per heavy atom. The van der Waals surface area contributed by atoms with Gasteiger partial charge in [-0.25, -0.2) is 0 Å². The van der Waals surface area contributed by atoms with E-state index in [9.17, 15) is 4.79 Å². The Morgan fingerprint density at radius 2 is 2.00 bits per heavy atom. The third-order valence-corrected chi connectivity index (χ3v) is 4.54. The van der Waals surface area contributed by atoms with Crippen molar-refractivity contribution in [2.24, 2.45) is 0 Å². The molecular weight excluding hydrogens is 298 g/mol. The fourth-order valence-electron chi connectivity index (χ4n) is 3.11. The van der Waals surface area contributed by atoms with E-state index in [2.05, 4.69) is 23.5 Å². The number of amides is 1. The zero-order valence-electron chi connectivity index (χ0n) is 14.3. The summed E-state index contributed by atoms with van der Waals surface area (Å²) >= 11 is 0. The molecule has 126 valence electrons. The molecule has 0 spiro atoms. The summed E-state index contributed by atoms with van der Waals surface area (Å²) < 4.78 is 5.94. The van der Waals surface area contributed by atoms with Crippen LogP contribution in [0.2, 0.25) is 0 Å². The predicted octanol–water partition coefficient (Wildman–Crippen LogP) is 4.61. The van der Waals surface area contributed by atoms with Crippen molar-refractivity contribution in [3.05, 3.63) is 54.1 Å². The molecule has 0 radical (unpaired) electrons. The summed E-state index contributed by atoms with van der Waals surface area (Å²) in [5, 5.41) is 5.32. The molecule has 2 aromatic rings. The van der Waals surface area contributed by atoms with E-state index in [0.717, 1.165) is 24.0 Å². The van der Waals surface area contributed by atoms with Gasteiger partial charge in [0, 0.05) is 6.54 Å². The van der Waals surface area contributed by atoms with Crippen molar-refractivity contribution in [1.29, 1.82) is 0 Å². The van der Waals surface area contributed by atoms with Gasteiger partial charge in [-0.2, -0.15) is 0 Å². The van der Waals surface area contributed by atoms with Crippen molar-refractivity contribution < 1.29 is 9.53 Å². The van der Waals surface area contributed by atoms with Crippen LogP contribution in [-0.2, 0) is 4.79 Å². The maximum atomic E-state index is 12.4. The number of rotatable bonds is 6. The van der Waals surface area contributed by atoms with E-state index in [1.807, 2.05) is 37.3 Å². The van der Waals surface area contributed by atoms with E-state index in [1.165, 1.54) is 23.8 Å². The van der Waals surface area contributed by atoms with Crippen LogP contribution >= 0.6 is 0 Å². The van der Waals surface area contributed by atoms with Gasteiger partial charge in [-0.3, -0.25) is 4.79 Å². The average Bonchev–Trinajstić information content (AvgIpc) is 2.65. The van der Waals surface area contributed by atoms with E-state index in [1.54, 1.807) is 0 Å². The molecule has 2 aromatic carbocycles. The normalized spacial score (nSPS) is 15.6. The topological polar surface area (TPSA) is 38.3 Å². The first kappa shape index (κ1) is 16.6. The second-order valence-corrected chi connectivity index (χ2v) is 6.35. The number of benzene rings is 2. The summed E-state index contributed by atoms with van der Waals surface area (Å²) in [5.41, 5.74) is 1.34. The quantitative estimate of drug-likeness (QED) is 0.788. The molecule has 0 heterocycles. The lowest BCUT2D eigenvalue weighted by Gasteiger charge is -2.19. The summed E-state index contributed by atoms with van der Waals surface area (Å²) in [4.78, 5) is 12.4. The molecule has 1 aliphatic rings. The molecule has 3 nitrogen and oxygen atoms in total. The highest BCUT2D eigenvalue weighted by Gasteiger charge is 2.18. The first-order chi connectivity index (χ1) is 11.8. The maximum Gasteiger partial charge on any atom is 0.261 e. The number of carbonyl (C=O) groups is 1. The van der Waals surface area contributed by atoms with Crippen LogP contribution in [0.1, 0.15) is 39.0 Å². The van der Waals surface area contributed by atoms with Gasteiger partial charge in [-0.15, -0.1) is 0 Å². The first-order valence-corrected chi connectivity index (χ1v) is 8.87. The van der Waals surface area contributed by atoms with Crippen LogP contribution < -0.4 is 10.1 Å². The van der Waals surface area contributed by atoms with Gasteiger partial charge >= 0.3 is 0 Å². The largest absolute Gasteiger partial charge is 0.481 e. The SMILES string of the molecule is CC[C@@H](Oc1ccc2ccccc2c1)C(=O)NCC1=CCCCC1. The molecule has 3 rings (SSSR count). The highest BCUT2D eigenvalue weighted by molar-refractivity contribution is 5.84. The van der Waals surface area contributed by atoms with Gasteiger partial charge in [0.2, 0.25) is 0 Å². The lowest BCUT2D eigenvalue weighted by Crippen LogP contribution is -2.39. The standard InChI is InChI=1S/C21H25NO2/c1-2-20(21(23)22-15-16-8-4-3-5-9-16)24-19-13-12-17-10-6-7-11-18(17)14-19/h6-8,10-14,20H,2-5,9,15H2,1H3,(H,22,23)/t20-/m1/s1. The van der Waals surface area contributed by atoms with Gasteiger partial charge in [0.15, 0.2) is 6.10 Å². The van der Waals surface area contributed by atoms with Crippen LogP contribution in [0, 0.1) is 0 Å². The monoisotopic (exact) mass is 323 g/mol. The highest BCUT2D eigenvalue weighted by atomic mass is 16.5. The van der Waals surface area contributed by atoms with Crippen molar-refractivity contribution in [2.75, 3.05) is 6.54 Å². The van der Waals surface area contributed by atoms with Crippen LogP contribution in [0.4, 0.5) is 0 Å². The Labute approximate surface area is 143 Å². The van der Waals surface area contributed by atoms with E-state index in [0.29, 0.717) is 13.0 Å². The number of hydrogen-bond donors (Lipinski definition) is 1. The van der Waals surface area contributed by atoms with Crippen LogP contribution in [0.15, 0.2) is 54.1 Å². The van der Waals surface area contributed by atoms with Crippen LogP contribution in [0.3, 0.4) is 0 Å². The molecule has 1 N–H and O–H groups in total. The molecule has 1 atom stereocenters. The minimum absolute atomic E-state index is 0.0304. The summed E-state index contributed by atoms with van der Waals surface area (Å²) in [7, 11) is 0. The van der Waals surface area contributed by atoms with E-state index >= 15 is 0 Å². The minimum atomic E-state index is -0.449. The molecular formula is C21H25NO2. The maximum absolute atomic E-state index is 12.4. The zero-order valence-corrected chi connectivity index (χ0v) is 14.3. The molecule has 24 heavy (non-hydrogen) atoms. The van der Waals surface area contributed by atoms with Crippen molar-refractivity contribution in [3.63, 3.8) is 0 Å². The van der Waals surface area contributed by atoms with Crippen LogP contribution in [0.5, 0.6) is 5.75 Å². The third-order valence-electron chi connectivity index (χ3n) is 4.54. The van der Waals surface area contributed by atoms with Gasteiger partial charge in [-0.05, 0) is 55.0 Å².